The lowest BCUT2D eigenvalue weighted by atomic mass is 9.89. The molecular formula is C20H25NO. The van der Waals surface area contributed by atoms with Gasteiger partial charge in [-0.2, -0.15) is 0 Å². The normalized spacial score (nSPS) is 12.2. The van der Waals surface area contributed by atoms with Crippen LogP contribution in [0, 0.1) is 12.8 Å². The Balaban J connectivity index is 2.06. The maximum absolute atomic E-state index is 12.6. The highest BCUT2D eigenvalue weighted by molar-refractivity contribution is 5.83. The van der Waals surface area contributed by atoms with Crippen LogP contribution >= 0.6 is 0 Å². The van der Waals surface area contributed by atoms with Gasteiger partial charge in [0, 0.05) is 6.54 Å². The molecule has 0 aliphatic carbocycles. The molecule has 0 radical (unpaired) electrons. The maximum atomic E-state index is 12.6. The molecule has 2 rings (SSSR count). The first-order chi connectivity index (χ1) is 10.6. The van der Waals surface area contributed by atoms with Crippen LogP contribution in [0.3, 0.4) is 0 Å². The van der Waals surface area contributed by atoms with Crippen LogP contribution in [0.25, 0.3) is 0 Å². The number of carbonyl (C=O) groups is 1. The van der Waals surface area contributed by atoms with Gasteiger partial charge in [0.15, 0.2) is 0 Å². The molecule has 0 aromatic heterocycles. The largest absolute Gasteiger partial charge is 0.351 e. The average Bonchev–Trinajstić information content (AvgIpc) is 2.51. The van der Waals surface area contributed by atoms with E-state index in [-0.39, 0.29) is 11.8 Å². The van der Waals surface area contributed by atoms with Crippen molar-refractivity contribution in [3.8, 4) is 0 Å². The minimum atomic E-state index is -0.0778. The van der Waals surface area contributed by atoms with E-state index in [2.05, 4.69) is 38.2 Å². The van der Waals surface area contributed by atoms with Gasteiger partial charge < -0.3 is 5.32 Å². The molecule has 2 aromatic carbocycles. The van der Waals surface area contributed by atoms with Crippen LogP contribution in [0.15, 0.2) is 54.6 Å². The Morgan fingerprint density at radius 1 is 1.05 bits per heavy atom. The van der Waals surface area contributed by atoms with Gasteiger partial charge in [-0.15, -0.1) is 0 Å². The second kappa shape index (κ2) is 7.79. The summed E-state index contributed by atoms with van der Waals surface area (Å²) in [5.74, 6) is 0.516. The maximum Gasteiger partial charge on any atom is 0.227 e. The molecule has 0 saturated carbocycles. The molecule has 2 heteroatoms. The number of nitrogens with one attached hydrogen (secondary N) is 1. The van der Waals surface area contributed by atoms with Crippen molar-refractivity contribution in [3.05, 3.63) is 71.3 Å². The SMILES string of the molecule is Cc1cccc(CNC(=O)C(CC(C)C)c2ccccc2)c1. The van der Waals surface area contributed by atoms with Gasteiger partial charge in [-0.1, -0.05) is 74.0 Å². The highest BCUT2D eigenvalue weighted by atomic mass is 16.1. The Morgan fingerprint density at radius 2 is 1.77 bits per heavy atom. The first-order valence-electron chi connectivity index (χ1n) is 7.94. The number of aryl methyl sites for hydroxylation is 1. The molecule has 1 amide bonds. The monoisotopic (exact) mass is 295 g/mol. The minimum absolute atomic E-state index is 0.0778. The molecular weight excluding hydrogens is 270 g/mol. The van der Waals surface area contributed by atoms with Crippen molar-refractivity contribution < 1.29 is 4.79 Å². The van der Waals surface area contributed by atoms with E-state index in [9.17, 15) is 4.79 Å². The van der Waals surface area contributed by atoms with Crippen molar-refractivity contribution in [1.82, 2.24) is 5.32 Å². The third-order valence-corrected chi connectivity index (χ3v) is 3.77. The van der Waals surface area contributed by atoms with Gasteiger partial charge >= 0.3 is 0 Å². The van der Waals surface area contributed by atoms with Crippen LogP contribution in [0.2, 0.25) is 0 Å². The smallest absolute Gasteiger partial charge is 0.227 e. The zero-order chi connectivity index (χ0) is 15.9. The molecule has 116 valence electrons. The van der Waals surface area contributed by atoms with E-state index in [1.807, 2.05) is 42.5 Å². The van der Waals surface area contributed by atoms with Crippen LogP contribution in [0.1, 0.15) is 42.9 Å². The van der Waals surface area contributed by atoms with Gasteiger partial charge in [-0.05, 0) is 30.4 Å². The van der Waals surface area contributed by atoms with Crippen molar-refractivity contribution >= 4 is 5.91 Å². The lowest BCUT2D eigenvalue weighted by Gasteiger charge is -2.19. The van der Waals surface area contributed by atoms with Gasteiger partial charge in [0.2, 0.25) is 5.91 Å². The summed E-state index contributed by atoms with van der Waals surface area (Å²) < 4.78 is 0. The number of amides is 1. The van der Waals surface area contributed by atoms with Crippen LogP contribution < -0.4 is 5.32 Å². The predicted molar refractivity (Wildman–Crippen MR) is 91.7 cm³/mol. The van der Waals surface area contributed by atoms with E-state index in [4.69, 9.17) is 0 Å². The summed E-state index contributed by atoms with van der Waals surface area (Å²) in [7, 11) is 0. The van der Waals surface area contributed by atoms with E-state index in [1.165, 1.54) is 5.56 Å². The van der Waals surface area contributed by atoms with E-state index >= 15 is 0 Å². The lowest BCUT2D eigenvalue weighted by Crippen LogP contribution is -2.29. The van der Waals surface area contributed by atoms with Gasteiger partial charge in [-0.25, -0.2) is 0 Å². The molecule has 22 heavy (non-hydrogen) atoms. The molecule has 0 fully saturated rings. The third-order valence-electron chi connectivity index (χ3n) is 3.77. The molecule has 0 spiro atoms. The summed E-state index contributed by atoms with van der Waals surface area (Å²) in [6.45, 7) is 6.96. The van der Waals surface area contributed by atoms with Crippen molar-refractivity contribution in [2.24, 2.45) is 5.92 Å². The molecule has 1 unspecified atom stereocenters. The fraction of sp³-hybridized carbons (Fsp3) is 0.350. The topological polar surface area (TPSA) is 29.1 Å². The zero-order valence-electron chi connectivity index (χ0n) is 13.7. The van der Waals surface area contributed by atoms with Crippen molar-refractivity contribution in [2.75, 3.05) is 0 Å². The molecule has 0 aliphatic heterocycles. The summed E-state index contributed by atoms with van der Waals surface area (Å²) in [6.07, 6.45) is 0.865. The Labute approximate surface area is 133 Å². The van der Waals surface area contributed by atoms with E-state index in [0.29, 0.717) is 12.5 Å². The number of benzene rings is 2. The Kier molecular flexibility index (Phi) is 5.76. The third kappa shape index (κ3) is 4.73. The Bertz CT molecular complexity index is 604. The van der Waals surface area contributed by atoms with Crippen LogP contribution in [-0.2, 0) is 11.3 Å². The van der Waals surface area contributed by atoms with Crippen LogP contribution in [-0.4, -0.2) is 5.91 Å². The van der Waals surface area contributed by atoms with E-state index in [0.717, 1.165) is 17.5 Å². The summed E-state index contributed by atoms with van der Waals surface area (Å²) in [5.41, 5.74) is 3.45. The highest BCUT2D eigenvalue weighted by Gasteiger charge is 2.21. The van der Waals surface area contributed by atoms with Crippen LogP contribution in [0.4, 0.5) is 0 Å². The Morgan fingerprint density at radius 3 is 2.41 bits per heavy atom. The molecule has 1 N–H and O–H groups in total. The molecule has 1 atom stereocenters. The summed E-state index contributed by atoms with van der Waals surface area (Å²) >= 11 is 0. The molecule has 0 saturated heterocycles. The lowest BCUT2D eigenvalue weighted by molar-refractivity contribution is -0.123. The first kappa shape index (κ1) is 16.3. The first-order valence-corrected chi connectivity index (χ1v) is 7.94. The molecule has 0 heterocycles. The quantitative estimate of drug-likeness (QED) is 0.838. The zero-order valence-corrected chi connectivity index (χ0v) is 13.7. The fourth-order valence-corrected chi connectivity index (χ4v) is 2.69. The number of carbonyl (C=O) groups excluding carboxylic acids is 1. The van der Waals surface area contributed by atoms with Crippen molar-refractivity contribution in [1.29, 1.82) is 0 Å². The van der Waals surface area contributed by atoms with E-state index in [1.54, 1.807) is 0 Å². The molecule has 2 nitrogen and oxygen atoms in total. The number of hydrogen-bond donors (Lipinski definition) is 1. The Hall–Kier alpha value is -2.09. The van der Waals surface area contributed by atoms with Gasteiger partial charge in [-0.3, -0.25) is 4.79 Å². The molecule has 0 aliphatic rings. The molecule has 2 aromatic rings. The standard InChI is InChI=1S/C20H25NO/c1-15(2)12-19(18-10-5-4-6-11-18)20(22)21-14-17-9-7-8-16(3)13-17/h4-11,13,15,19H,12,14H2,1-3H3,(H,21,22). The van der Waals surface area contributed by atoms with Gasteiger partial charge in [0.25, 0.3) is 0 Å². The van der Waals surface area contributed by atoms with Crippen molar-refractivity contribution in [3.63, 3.8) is 0 Å². The predicted octanol–water partition coefficient (Wildman–Crippen LogP) is 4.44. The fourth-order valence-electron chi connectivity index (χ4n) is 2.69. The van der Waals surface area contributed by atoms with Crippen molar-refractivity contribution in [2.45, 2.75) is 39.7 Å². The van der Waals surface area contributed by atoms with Gasteiger partial charge in [0.05, 0.1) is 5.92 Å². The minimum Gasteiger partial charge on any atom is -0.351 e. The number of rotatable bonds is 6. The average molecular weight is 295 g/mol. The highest BCUT2D eigenvalue weighted by Crippen LogP contribution is 2.24. The van der Waals surface area contributed by atoms with E-state index < -0.39 is 0 Å². The second-order valence-corrected chi connectivity index (χ2v) is 6.30. The summed E-state index contributed by atoms with van der Waals surface area (Å²) in [4.78, 5) is 12.6. The summed E-state index contributed by atoms with van der Waals surface area (Å²) in [5, 5.41) is 3.09. The second-order valence-electron chi connectivity index (χ2n) is 6.30. The summed E-state index contributed by atoms with van der Waals surface area (Å²) in [6, 6.07) is 18.3. The molecule has 0 bridgehead atoms. The number of hydrogen-bond acceptors (Lipinski definition) is 1. The van der Waals surface area contributed by atoms with Crippen LogP contribution in [0.5, 0.6) is 0 Å². The van der Waals surface area contributed by atoms with Gasteiger partial charge in [0.1, 0.15) is 0 Å².